The van der Waals surface area contributed by atoms with Gasteiger partial charge in [-0.3, -0.25) is 19.8 Å². The van der Waals surface area contributed by atoms with Gasteiger partial charge in [0, 0.05) is 5.56 Å². The molecule has 6 nitrogen and oxygen atoms in total. The molecule has 2 aliphatic rings. The Morgan fingerprint density at radius 2 is 1.64 bits per heavy atom. The molecule has 1 aliphatic carbocycles. The van der Waals surface area contributed by atoms with Crippen molar-refractivity contribution in [2.45, 2.75) is 25.7 Å². The standard InChI is InChI=1S/C16H18N2O4/c1-22-11-8-6-10(7-9-11)14(19)17-18-15(20)12-4-2-3-5-13(12)16(18)21/h6-9,12-13H,2-5H2,1H3,(H,17,19)/t12-,13-/m1/s1. The van der Waals surface area contributed by atoms with Crippen LogP contribution in [0.15, 0.2) is 24.3 Å². The Bertz CT molecular complexity index is 587. The van der Waals surface area contributed by atoms with Crippen LogP contribution in [-0.4, -0.2) is 29.8 Å². The van der Waals surface area contributed by atoms with E-state index in [1.165, 1.54) is 0 Å². The number of hydrogen-bond acceptors (Lipinski definition) is 4. The SMILES string of the molecule is COc1ccc(C(=O)NN2C(=O)[C@@H]3CCCC[C@H]3C2=O)cc1. The summed E-state index contributed by atoms with van der Waals surface area (Å²) in [6.45, 7) is 0. The topological polar surface area (TPSA) is 75.7 Å². The van der Waals surface area contributed by atoms with E-state index in [1.54, 1.807) is 31.4 Å². The van der Waals surface area contributed by atoms with Gasteiger partial charge in [0.2, 0.25) is 0 Å². The molecule has 1 saturated carbocycles. The first-order valence-corrected chi connectivity index (χ1v) is 7.44. The zero-order valence-corrected chi connectivity index (χ0v) is 12.4. The molecular weight excluding hydrogens is 284 g/mol. The van der Waals surface area contributed by atoms with Crippen LogP contribution in [0.4, 0.5) is 0 Å². The molecule has 0 unspecified atom stereocenters. The second-order valence-electron chi connectivity index (χ2n) is 5.68. The number of nitrogens with zero attached hydrogens (tertiary/aromatic N) is 1. The highest BCUT2D eigenvalue weighted by Crippen LogP contribution is 2.37. The highest BCUT2D eigenvalue weighted by atomic mass is 16.5. The molecule has 1 saturated heterocycles. The predicted octanol–water partition coefficient (Wildman–Crippen LogP) is 1.52. The summed E-state index contributed by atoms with van der Waals surface area (Å²) in [5.41, 5.74) is 2.81. The van der Waals surface area contributed by atoms with Crippen LogP contribution in [0.25, 0.3) is 0 Å². The summed E-state index contributed by atoms with van der Waals surface area (Å²) in [4.78, 5) is 36.8. The van der Waals surface area contributed by atoms with Gasteiger partial charge in [0.05, 0.1) is 18.9 Å². The second-order valence-corrected chi connectivity index (χ2v) is 5.68. The Labute approximate surface area is 128 Å². The van der Waals surface area contributed by atoms with E-state index in [1.807, 2.05) is 0 Å². The Kier molecular flexibility index (Phi) is 3.83. The highest BCUT2D eigenvalue weighted by molar-refractivity contribution is 6.07. The minimum atomic E-state index is -0.469. The lowest BCUT2D eigenvalue weighted by Crippen LogP contribution is -2.46. The van der Waals surface area contributed by atoms with Gasteiger partial charge in [0.15, 0.2) is 0 Å². The van der Waals surface area contributed by atoms with Gasteiger partial charge in [-0.25, -0.2) is 0 Å². The minimum Gasteiger partial charge on any atom is -0.497 e. The van der Waals surface area contributed by atoms with Crippen LogP contribution >= 0.6 is 0 Å². The van der Waals surface area contributed by atoms with E-state index >= 15 is 0 Å². The van der Waals surface area contributed by atoms with Crippen molar-refractivity contribution in [1.82, 2.24) is 10.4 Å². The molecule has 0 radical (unpaired) electrons. The Hall–Kier alpha value is -2.37. The number of nitrogens with one attached hydrogen (secondary N) is 1. The zero-order chi connectivity index (χ0) is 15.7. The van der Waals surface area contributed by atoms with E-state index in [-0.39, 0.29) is 23.7 Å². The predicted molar refractivity (Wildman–Crippen MR) is 77.8 cm³/mol. The first kappa shape index (κ1) is 14.6. The summed E-state index contributed by atoms with van der Waals surface area (Å²) in [5, 5.41) is 0.910. The van der Waals surface area contributed by atoms with Crippen molar-refractivity contribution in [2.24, 2.45) is 11.8 Å². The number of carbonyl (C=O) groups is 3. The Morgan fingerprint density at radius 1 is 1.09 bits per heavy atom. The van der Waals surface area contributed by atoms with Crippen molar-refractivity contribution >= 4 is 17.7 Å². The molecule has 1 aliphatic heterocycles. The van der Waals surface area contributed by atoms with Crippen molar-refractivity contribution in [3.05, 3.63) is 29.8 Å². The molecule has 116 valence electrons. The van der Waals surface area contributed by atoms with E-state index in [0.29, 0.717) is 11.3 Å². The lowest BCUT2D eigenvalue weighted by atomic mass is 9.81. The summed E-state index contributed by atoms with van der Waals surface area (Å²) in [6.07, 6.45) is 3.37. The number of benzene rings is 1. The molecular formula is C16H18N2O4. The normalized spacial score (nSPS) is 24.1. The van der Waals surface area contributed by atoms with Crippen molar-refractivity contribution in [2.75, 3.05) is 7.11 Å². The third-order valence-corrected chi connectivity index (χ3v) is 4.41. The number of hydrogen-bond donors (Lipinski definition) is 1. The molecule has 3 rings (SSSR count). The van der Waals surface area contributed by atoms with Crippen LogP contribution in [-0.2, 0) is 9.59 Å². The van der Waals surface area contributed by atoms with Gasteiger partial charge in [0.1, 0.15) is 5.75 Å². The highest BCUT2D eigenvalue weighted by Gasteiger charge is 2.49. The molecule has 22 heavy (non-hydrogen) atoms. The molecule has 0 spiro atoms. The van der Waals surface area contributed by atoms with Gasteiger partial charge in [-0.2, -0.15) is 5.01 Å². The molecule has 1 heterocycles. The summed E-state index contributed by atoms with van der Waals surface area (Å²) >= 11 is 0. The third kappa shape index (κ3) is 2.45. The molecule has 3 amide bonds. The van der Waals surface area contributed by atoms with Gasteiger partial charge < -0.3 is 4.74 Å². The molecule has 2 fully saturated rings. The molecule has 0 bridgehead atoms. The fraction of sp³-hybridized carbons (Fsp3) is 0.438. The van der Waals surface area contributed by atoms with E-state index in [9.17, 15) is 14.4 Å². The Morgan fingerprint density at radius 3 is 2.14 bits per heavy atom. The largest absolute Gasteiger partial charge is 0.497 e. The van der Waals surface area contributed by atoms with Crippen LogP contribution < -0.4 is 10.2 Å². The van der Waals surface area contributed by atoms with Crippen LogP contribution in [0.2, 0.25) is 0 Å². The van der Waals surface area contributed by atoms with Crippen LogP contribution in [0.5, 0.6) is 5.75 Å². The number of amides is 3. The number of carbonyl (C=O) groups excluding carboxylic acids is 3. The summed E-state index contributed by atoms with van der Waals surface area (Å²) in [7, 11) is 1.54. The van der Waals surface area contributed by atoms with Crippen LogP contribution in [0.1, 0.15) is 36.0 Å². The van der Waals surface area contributed by atoms with Crippen molar-refractivity contribution < 1.29 is 19.1 Å². The van der Waals surface area contributed by atoms with Gasteiger partial charge in [-0.05, 0) is 37.1 Å². The number of rotatable bonds is 3. The maximum Gasteiger partial charge on any atom is 0.270 e. The number of ether oxygens (including phenoxy) is 1. The summed E-state index contributed by atoms with van der Waals surface area (Å²) in [5.74, 6) is -0.929. The number of fused-ring (bicyclic) bond motifs is 1. The lowest BCUT2D eigenvalue weighted by molar-refractivity contribution is -0.142. The quantitative estimate of drug-likeness (QED) is 0.859. The number of imide groups is 1. The first-order chi connectivity index (χ1) is 10.6. The zero-order valence-electron chi connectivity index (χ0n) is 12.4. The van der Waals surface area contributed by atoms with E-state index < -0.39 is 5.91 Å². The van der Waals surface area contributed by atoms with Gasteiger partial charge in [0.25, 0.3) is 17.7 Å². The number of methoxy groups -OCH3 is 1. The summed E-state index contributed by atoms with van der Waals surface area (Å²) in [6, 6.07) is 6.49. The fourth-order valence-corrected chi connectivity index (χ4v) is 3.18. The van der Waals surface area contributed by atoms with Crippen molar-refractivity contribution in [1.29, 1.82) is 0 Å². The van der Waals surface area contributed by atoms with E-state index in [4.69, 9.17) is 4.74 Å². The average molecular weight is 302 g/mol. The van der Waals surface area contributed by atoms with Gasteiger partial charge in [-0.1, -0.05) is 12.8 Å². The van der Waals surface area contributed by atoms with Crippen LogP contribution in [0, 0.1) is 11.8 Å². The molecule has 2 atom stereocenters. The van der Waals surface area contributed by atoms with E-state index in [0.717, 1.165) is 30.7 Å². The molecule has 6 heteroatoms. The van der Waals surface area contributed by atoms with Gasteiger partial charge in [-0.15, -0.1) is 0 Å². The van der Waals surface area contributed by atoms with Crippen LogP contribution in [0.3, 0.4) is 0 Å². The molecule has 1 aromatic carbocycles. The second kappa shape index (κ2) is 5.79. The maximum atomic E-state index is 12.3. The Balaban J connectivity index is 1.73. The first-order valence-electron chi connectivity index (χ1n) is 7.44. The van der Waals surface area contributed by atoms with E-state index in [2.05, 4.69) is 5.43 Å². The van der Waals surface area contributed by atoms with Crippen molar-refractivity contribution in [3.63, 3.8) is 0 Å². The summed E-state index contributed by atoms with van der Waals surface area (Å²) < 4.78 is 5.03. The van der Waals surface area contributed by atoms with Gasteiger partial charge >= 0.3 is 0 Å². The monoisotopic (exact) mass is 302 g/mol. The fourth-order valence-electron chi connectivity index (χ4n) is 3.18. The minimum absolute atomic E-state index is 0.266. The number of hydrazine groups is 1. The van der Waals surface area contributed by atoms with Crippen molar-refractivity contribution in [3.8, 4) is 5.75 Å². The third-order valence-electron chi connectivity index (χ3n) is 4.41. The average Bonchev–Trinajstić information content (AvgIpc) is 2.80. The molecule has 0 aromatic heterocycles. The molecule has 1 N–H and O–H groups in total. The molecule has 1 aromatic rings. The maximum absolute atomic E-state index is 12.3. The lowest BCUT2D eigenvalue weighted by Gasteiger charge is -2.19. The smallest absolute Gasteiger partial charge is 0.270 e.